The van der Waals surface area contributed by atoms with Crippen molar-refractivity contribution in [2.24, 2.45) is 5.92 Å². The lowest BCUT2D eigenvalue weighted by molar-refractivity contribution is -0.123. The summed E-state index contributed by atoms with van der Waals surface area (Å²) in [7, 11) is 0. The summed E-state index contributed by atoms with van der Waals surface area (Å²) in [5.41, 5.74) is -0.743. The second-order valence-electron chi connectivity index (χ2n) is 6.05. The van der Waals surface area contributed by atoms with Crippen molar-refractivity contribution in [2.45, 2.75) is 44.6 Å². The third-order valence-electron chi connectivity index (χ3n) is 4.14. The Morgan fingerprint density at radius 3 is 3.05 bits per heavy atom. The molecule has 0 bridgehead atoms. The first-order valence-electron chi connectivity index (χ1n) is 7.39. The number of amides is 2. The zero-order chi connectivity index (χ0) is 14.6. The Hall–Kier alpha value is -0.750. The van der Waals surface area contributed by atoms with Gasteiger partial charge in [0.2, 0.25) is 5.91 Å². The molecular weight excluding hydrogens is 276 g/mol. The molecular formula is C14H24N2O3S. The summed E-state index contributed by atoms with van der Waals surface area (Å²) in [6, 6.07) is 0. The average Bonchev–Trinajstić information content (AvgIpc) is 2.79. The fraction of sp³-hybridized carbons (Fsp3) is 0.857. The minimum Gasteiger partial charge on any atom is -0.388 e. The second kappa shape index (κ2) is 6.80. The van der Waals surface area contributed by atoms with E-state index in [1.807, 2.05) is 0 Å². The summed E-state index contributed by atoms with van der Waals surface area (Å²) < 4.78 is 0. The molecule has 2 aliphatic rings. The van der Waals surface area contributed by atoms with Gasteiger partial charge in [0.15, 0.2) is 0 Å². The first-order valence-corrected chi connectivity index (χ1v) is 8.38. The maximum Gasteiger partial charge on any atom is 0.281 e. The van der Waals surface area contributed by atoms with E-state index >= 15 is 0 Å². The van der Waals surface area contributed by atoms with Gasteiger partial charge in [-0.1, -0.05) is 31.5 Å². The van der Waals surface area contributed by atoms with Crippen molar-refractivity contribution < 1.29 is 14.7 Å². The highest BCUT2D eigenvalue weighted by molar-refractivity contribution is 8.13. The maximum absolute atomic E-state index is 11.8. The summed E-state index contributed by atoms with van der Waals surface area (Å²) in [5.74, 6) is 1.25. The fourth-order valence-corrected chi connectivity index (χ4v) is 3.86. The zero-order valence-electron chi connectivity index (χ0n) is 12.1. The SMILES string of the molecule is CC1CCCC(O)(CNC(=O)CCN2CCSC2=O)C1. The number of nitrogens with zero attached hydrogens (tertiary/aromatic N) is 1. The first kappa shape index (κ1) is 15.6. The van der Waals surface area contributed by atoms with Crippen molar-refractivity contribution in [3.05, 3.63) is 0 Å². The molecule has 1 aliphatic carbocycles. The topological polar surface area (TPSA) is 69.6 Å². The Morgan fingerprint density at radius 2 is 2.40 bits per heavy atom. The van der Waals surface area contributed by atoms with Gasteiger partial charge < -0.3 is 15.3 Å². The van der Waals surface area contributed by atoms with Crippen LogP contribution in [0.2, 0.25) is 0 Å². The van der Waals surface area contributed by atoms with Crippen LogP contribution in [0.3, 0.4) is 0 Å². The average molecular weight is 300 g/mol. The summed E-state index contributed by atoms with van der Waals surface area (Å²) in [6.07, 6.45) is 4.02. The van der Waals surface area contributed by atoms with Crippen molar-refractivity contribution in [3.8, 4) is 0 Å². The van der Waals surface area contributed by atoms with E-state index < -0.39 is 5.60 Å². The monoisotopic (exact) mass is 300 g/mol. The molecule has 0 radical (unpaired) electrons. The number of carbonyl (C=O) groups excluding carboxylic acids is 2. The lowest BCUT2D eigenvalue weighted by Crippen LogP contribution is -2.46. The quantitative estimate of drug-likeness (QED) is 0.809. The van der Waals surface area contributed by atoms with Crippen LogP contribution in [0.4, 0.5) is 4.79 Å². The standard InChI is InChI=1S/C14H24N2O3S/c1-11-3-2-5-14(19,9-11)10-15-12(17)4-6-16-7-8-20-13(16)18/h11,19H,2-10H2,1H3,(H,15,17). The van der Waals surface area contributed by atoms with Crippen LogP contribution in [0.15, 0.2) is 0 Å². The Bertz CT molecular complexity index is 377. The minimum absolute atomic E-state index is 0.0672. The van der Waals surface area contributed by atoms with E-state index in [2.05, 4.69) is 12.2 Å². The van der Waals surface area contributed by atoms with E-state index in [-0.39, 0.29) is 11.1 Å². The molecule has 5 nitrogen and oxygen atoms in total. The normalized spacial score (nSPS) is 30.6. The van der Waals surface area contributed by atoms with Crippen molar-refractivity contribution in [3.63, 3.8) is 0 Å². The van der Waals surface area contributed by atoms with E-state index in [4.69, 9.17) is 0 Å². The summed E-state index contributed by atoms with van der Waals surface area (Å²) in [5, 5.41) is 13.3. The molecule has 0 spiro atoms. The second-order valence-corrected chi connectivity index (χ2v) is 7.10. The predicted octanol–water partition coefficient (Wildman–Crippen LogP) is 1.60. The van der Waals surface area contributed by atoms with Gasteiger partial charge in [0.05, 0.1) is 5.60 Å². The molecule has 0 aromatic carbocycles. The molecule has 2 fully saturated rings. The molecule has 2 N–H and O–H groups in total. The highest BCUT2D eigenvalue weighted by atomic mass is 32.2. The van der Waals surface area contributed by atoms with Gasteiger partial charge in [-0.15, -0.1) is 0 Å². The molecule has 0 aromatic heterocycles. The van der Waals surface area contributed by atoms with E-state index in [0.29, 0.717) is 25.4 Å². The minimum atomic E-state index is -0.743. The molecule has 114 valence electrons. The van der Waals surface area contributed by atoms with E-state index in [0.717, 1.165) is 38.0 Å². The zero-order valence-corrected chi connectivity index (χ0v) is 12.9. The van der Waals surface area contributed by atoms with Crippen molar-refractivity contribution in [1.29, 1.82) is 0 Å². The van der Waals surface area contributed by atoms with E-state index in [9.17, 15) is 14.7 Å². The summed E-state index contributed by atoms with van der Waals surface area (Å²) >= 11 is 1.31. The number of nitrogens with one attached hydrogen (secondary N) is 1. The van der Waals surface area contributed by atoms with Gasteiger partial charge in [0.25, 0.3) is 5.24 Å². The smallest absolute Gasteiger partial charge is 0.281 e. The summed E-state index contributed by atoms with van der Waals surface area (Å²) in [4.78, 5) is 24.9. The third-order valence-corrected chi connectivity index (χ3v) is 5.03. The van der Waals surface area contributed by atoms with Gasteiger partial charge in [-0.3, -0.25) is 9.59 Å². The van der Waals surface area contributed by atoms with Crippen LogP contribution >= 0.6 is 11.8 Å². The molecule has 20 heavy (non-hydrogen) atoms. The third kappa shape index (κ3) is 4.38. The number of rotatable bonds is 5. The molecule has 1 saturated carbocycles. The number of hydrogen-bond donors (Lipinski definition) is 2. The van der Waals surface area contributed by atoms with Crippen LogP contribution in [-0.2, 0) is 4.79 Å². The van der Waals surface area contributed by atoms with Crippen LogP contribution in [0.5, 0.6) is 0 Å². The molecule has 2 amide bonds. The lowest BCUT2D eigenvalue weighted by atomic mass is 9.79. The number of hydrogen-bond acceptors (Lipinski definition) is 4. The predicted molar refractivity (Wildman–Crippen MR) is 79.6 cm³/mol. The molecule has 2 rings (SSSR count). The van der Waals surface area contributed by atoms with Gasteiger partial charge >= 0.3 is 0 Å². The highest BCUT2D eigenvalue weighted by Gasteiger charge is 2.32. The Labute approximate surface area is 124 Å². The van der Waals surface area contributed by atoms with Crippen molar-refractivity contribution in [2.75, 3.05) is 25.4 Å². The van der Waals surface area contributed by atoms with Gasteiger partial charge in [-0.25, -0.2) is 0 Å². The Morgan fingerprint density at radius 1 is 1.60 bits per heavy atom. The van der Waals surface area contributed by atoms with Crippen molar-refractivity contribution in [1.82, 2.24) is 10.2 Å². The molecule has 2 atom stereocenters. The van der Waals surface area contributed by atoms with Gasteiger partial charge in [-0.2, -0.15) is 0 Å². The Kier molecular flexibility index (Phi) is 5.32. The van der Waals surface area contributed by atoms with Crippen LogP contribution in [0.25, 0.3) is 0 Å². The first-order chi connectivity index (χ1) is 9.48. The van der Waals surface area contributed by atoms with Crippen molar-refractivity contribution >= 4 is 22.9 Å². The van der Waals surface area contributed by atoms with Crippen LogP contribution < -0.4 is 5.32 Å². The number of carbonyl (C=O) groups is 2. The molecule has 6 heteroatoms. The molecule has 2 unspecified atom stereocenters. The maximum atomic E-state index is 11.8. The van der Waals surface area contributed by atoms with Crippen LogP contribution in [-0.4, -0.2) is 52.1 Å². The summed E-state index contributed by atoms with van der Waals surface area (Å²) in [6.45, 7) is 3.69. The van der Waals surface area contributed by atoms with E-state index in [1.165, 1.54) is 11.8 Å². The molecule has 1 aliphatic heterocycles. The largest absolute Gasteiger partial charge is 0.388 e. The van der Waals surface area contributed by atoms with Gasteiger partial charge in [0.1, 0.15) is 0 Å². The van der Waals surface area contributed by atoms with Crippen LogP contribution in [0, 0.1) is 5.92 Å². The Balaban J connectivity index is 1.68. The highest BCUT2D eigenvalue weighted by Crippen LogP contribution is 2.31. The number of aliphatic hydroxyl groups is 1. The van der Waals surface area contributed by atoms with Gasteiger partial charge in [0, 0.05) is 31.8 Å². The fourth-order valence-electron chi connectivity index (χ4n) is 3.01. The molecule has 0 aromatic rings. The van der Waals surface area contributed by atoms with Gasteiger partial charge in [-0.05, 0) is 18.8 Å². The number of thioether (sulfide) groups is 1. The van der Waals surface area contributed by atoms with Crippen LogP contribution in [0.1, 0.15) is 39.0 Å². The van der Waals surface area contributed by atoms with E-state index in [1.54, 1.807) is 4.90 Å². The molecule has 1 saturated heterocycles. The lowest BCUT2D eigenvalue weighted by Gasteiger charge is -2.35. The molecule has 1 heterocycles.